The molecular formula is H4N2S4. The highest BCUT2D eigenvalue weighted by Gasteiger charge is 1.74. The van der Waals surface area contributed by atoms with Gasteiger partial charge in [0.15, 0.2) is 0 Å². The first-order chi connectivity index (χ1) is 2.91. The molecule has 2 nitrogen and oxygen atoms in total. The second-order valence-electron chi connectivity index (χ2n) is 0.349. The maximum atomic E-state index is 3.67. The highest BCUT2D eigenvalue weighted by molar-refractivity contribution is 8.77. The predicted octanol–water partition coefficient (Wildman–Crippen LogP) is 1.07. The van der Waals surface area contributed by atoms with Crippen LogP contribution in [0, 0.1) is 0 Å². The molecule has 0 bridgehead atoms. The van der Waals surface area contributed by atoms with E-state index in [1.165, 1.54) is 22.0 Å². The van der Waals surface area contributed by atoms with Gasteiger partial charge in [-0.2, -0.15) is 0 Å². The molecule has 0 saturated carbocycles. The van der Waals surface area contributed by atoms with Crippen molar-refractivity contribution in [3.8, 4) is 0 Å². The quantitative estimate of drug-likeness (QED) is 0.215. The first-order valence-corrected chi connectivity index (χ1v) is 4.07. The number of thiol groups is 2. The van der Waals surface area contributed by atoms with Gasteiger partial charge in [-0.1, -0.05) is 25.6 Å². The van der Waals surface area contributed by atoms with Gasteiger partial charge < -0.3 is 0 Å². The Morgan fingerprint density at radius 2 is 1.33 bits per heavy atom. The molecule has 0 radical (unpaired) electrons. The Morgan fingerprint density at radius 1 is 1.00 bits per heavy atom. The lowest BCUT2D eigenvalue weighted by Crippen LogP contribution is -1.80. The summed E-state index contributed by atoms with van der Waals surface area (Å²) in [6, 6.07) is 0. The molecule has 0 heterocycles. The van der Waals surface area contributed by atoms with Crippen LogP contribution in [0.5, 0.6) is 0 Å². The molecule has 6 heavy (non-hydrogen) atoms. The minimum atomic E-state index is 1.35. The monoisotopic (exact) mass is 160 g/mol. The molecule has 0 spiro atoms. The van der Waals surface area contributed by atoms with Crippen LogP contribution in [0.4, 0.5) is 0 Å². The van der Waals surface area contributed by atoms with E-state index < -0.39 is 0 Å². The Kier molecular flexibility index (Phi) is 7.71. The van der Waals surface area contributed by atoms with Crippen LogP contribution in [0.2, 0.25) is 0 Å². The molecule has 0 aliphatic carbocycles. The van der Waals surface area contributed by atoms with E-state index in [0.717, 1.165) is 0 Å². The first kappa shape index (κ1) is 7.32. The Bertz CT molecular complexity index is 17.5. The van der Waals surface area contributed by atoms with Crippen molar-refractivity contribution >= 4 is 47.6 Å². The Labute approximate surface area is 56.0 Å². The minimum Gasteiger partial charge on any atom is -0.200 e. The lowest BCUT2D eigenvalue weighted by atomic mass is 13.9. The third kappa shape index (κ3) is 5.32. The molecule has 0 saturated heterocycles. The van der Waals surface area contributed by atoms with Gasteiger partial charge in [0, 0.05) is 22.0 Å². The summed E-state index contributed by atoms with van der Waals surface area (Å²) in [4.78, 5) is 0. The molecule has 0 aliphatic heterocycles. The van der Waals surface area contributed by atoms with Gasteiger partial charge in [0.05, 0.1) is 0 Å². The van der Waals surface area contributed by atoms with E-state index in [1.54, 1.807) is 0 Å². The van der Waals surface area contributed by atoms with Crippen LogP contribution < -0.4 is 8.25 Å². The first-order valence-electron chi connectivity index (χ1n) is 1.02. The van der Waals surface area contributed by atoms with Crippen LogP contribution in [0.25, 0.3) is 0 Å². The molecule has 0 fully saturated rings. The van der Waals surface area contributed by atoms with Crippen molar-refractivity contribution in [3.63, 3.8) is 0 Å². The maximum absolute atomic E-state index is 3.67. The average Bonchev–Trinajstić information content (AvgIpc) is 1.61. The zero-order chi connectivity index (χ0) is 4.83. The van der Waals surface area contributed by atoms with Gasteiger partial charge in [-0.25, -0.2) is 8.25 Å². The smallest absolute Gasteiger partial charge is 0.0167 e. The van der Waals surface area contributed by atoms with Gasteiger partial charge in [-0.05, 0) is 0 Å². The van der Waals surface area contributed by atoms with Gasteiger partial charge in [-0.3, -0.25) is 0 Å². The lowest BCUT2D eigenvalue weighted by molar-refractivity contribution is 1.79. The maximum Gasteiger partial charge on any atom is 0.0167 e. The molecule has 0 atom stereocenters. The summed E-state index contributed by atoms with van der Waals surface area (Å²) in [5.74, 6) is 0. The van der Waals surface area contributed by atoms with E-state index in [2.05, 4.69) is 33.9 Å². The molecule has 0 aromatic rings. The second-order valence-corrected chi connectivity index (χ2v) is 3.14. The van der Waals surface area contributed by atoms with E-state index in [1.807, 2.05) is 0 Å². The molecule has 38 valence electrons. The van der Waals surface area contributed by atoms with Crippen molar-refractivity contribution in [1.82, 2.24) is 8.25 Å². The Balaban J connectivity index is 2.34. The van der Waals surface area contributed by atoms with Crippen LogP contribution >= 0.6 is 47.6 Å². The van der Waals surface area contributed by atoms with Crippen LogP contribution in [0.3, 0.4) is 0 Å². The van der Waals surface area contributed by atoms with Crippen LogP contribution in [0.1, 0.15) is 0 Å². The molecule has 0 amide bonds. The summed E-state index contributed by atoms with van der Waals surface area (Å²) in [5, 5.41) is 0. The summed E-state index contributed by atoms with van der Waals surface area (Å²) in [7, 11) is 2.70. The summed E-state index contributed by atoms with van der Waals surface area (Å²) in [6.07, 6.45) is 0. The highest BCUT2D eigenvalue weighted by atomic mass is 33.1. The number of nitrogens with one attached hydrogen (secondary N) is 2. The van der Waals surface area contributed by atoms with Crippen molar-refractivity contribution in [3.05, 3.63) is 0 Å². The predicted molar refractivity (Wildman–Crippen MR) is 39.4 cm³/mol. The molecule has 6 heteroatoms. The topological polar surface area (TPSA) is 24.1 Å². The molecule has 0 aromatic heterocycles. The summed E-state index contributed by atoms with van der Waals surface area (Å²) in [5.41, 5.74) is 0. The highest BCUT2D eigenvalue weighted by Crippen LogP contribution is 2.12. The molecule has 2 N–H and O–H groups in total. The van der Waals surface area contributed by atoms with Crippen LogP contribution in [-0.2, 0) is 0 Å². The van der Waals surface area contributed by atoms with Gasteiger partial charge >= 0.3 is 0 Å². The SMILES string of the molecule is SNSSNS. The fourth-order valence-electron chi connectivity index (χ4n) is 0.0373. The summed E-state index contributed by atoms with van der Waals surface area (Å²) < 4.78 is 5.06. The van der Waals surface area contributed by atoms with E-state index in [0.29, 0.717) is 0 Å². The van der Waals surface area contributed by atoms with E-state index >= 15 is 0 Å². The van der Waals surface area contributed by atoms with Crippen molar-refractivity contribution in [1.29, 1.82) is 0 Å². The standard InChI is InChI=1S/H4N2S4/c3-1-5-6-2-4/h1-4H. The van der Waals surface area contributed by atoms with Crippen LogP contribution in [-0.4, -0.2) is 0 Å². The molecule has 0 unspecified atom stereocenters. The van der Waals surface area contributed by atoms with Gasteiger partial charge in [-0.15, -0.1) is 0 Å². The minimum absolute atomic E-state index is 1.35. The second kappa shape index (κ2) is 6.32. The fourth-order valence-corrected chi connectivity index (χ4v) is 1.01. The van der Waals surface area contributed by atoms with E-state index in [4.69, 9.17) is 0 Å². The van der Waals surface area contributed by atoms with Crippen molar-refractivity contribution in [2.45, 2.75) is 0 Å². The normalized spacial score (nSPS) is 9.00. The molecule has 0 rings (SSSR count). The average molecular weight is 160 g/mol. The van der Waals surface area contributed by atoms with E-state index in [9.17, 15) is 0 Å². The van der Waals surface area contributed by atoms with Crippen molar-refractivity contribution < 1.29 is 0 Å². The van der Waals surface area contributed by atoms with Gasteiger partial charge in [0.1, 0.15) is 0 Å². The Morgan fingerprint density at radius 3 is 1.50 bits per heavy atom. The Hall–Kier alpha value is 1.32. The van der Waals surface area contributed by atoms with Crippen LogP contribution in [0.15, 0.2) is 0 Å². The third-order valence-corrected chi connectivity index (χ3v) is 2.39. The number of rotatable bonds is 3. The van der Waals surface area contributed by atoms with Crippen molar-refractivity contribution in [2.24, 2.45) is 0 Å². The largest absolute Gasteiger partial charge is 0.200 e. The van der Waals surface area contributed by atoms with E-state index in [-0.39, 0.29) is 0 Å². The summed E-state index contributed by atoms with van der Waals surface area (Å²) in [6.45, 7) is 0. The zero-order valence-electron chi connectivity index (χ0n) is 2.71. The molecule has 0 aromatic carbocycles. The summed E-state index contributed by atoms with van der Waals surface area (Å²) >= 11 is 7.35. The van der Waals surface area contributed by atoms with Gasteiger partial charge in [0.25, 0.3) is 0 Å². The molecular weight excluding hydrogens is 156 g/mol. The van der Waals surface area contributed by atoms with Gasteiger partial charge in [0.2, 0.25) is 0 Å². The zero-order valence-corrected chi connectivity index (χ0v) is 6.13. The molecule has 0 aliphatic rings. The number of hydrogen-bond donors (Lipinski definition) is 4. The number of hydrogen-bond acceptors (Lipinski definition) is 6. The fraction of sp³-hybridized carbons (Fsp3) is 0. The third-order valence-electron chi connectivity index (χ3n) is 0.116. The lowest BCUT2D eigenvalue weighted by Gasteiger charge is -1.88. The van der Waals surface area contributed by atoms with Crippen molar-refractivity contribution in [2.75, 3.05) is 0 Å².